The molecule has 0 spiro atoms. The number of nitrogens with one attached hydrogen (secondary N) is 3. The first-order valence-electron chi connectivity index (χ1n) is 12.0. The molecule has 43 heavy (non-hydrogen) atoms. The number of nitrogens with zero attached hydrogens (tertiary/aromatic N) is 2. The highest BCUT2D eigenvalue weighted by Crippen LogP contribution is 2.34. The number of methoxy groups -OCH3 is 2. The molecule has 1 atom stereocenters. The molecule has 0 amide bonds. The number of ether oxygens (including phenoxy) is 2. The van der Waals surface area contributed by atoms with Crippen molar-refractivity contribution in [3.63, 3.8) is 0 Å². The molecule has 13 nitrogen and oxygen atoms in total. The summed E-state index contributed by atoms with van der Waals surface area (Å²) in [7, 11) is 3.04. The van der Waals surface area contributed by atoms with Crippen molar-refractivity contribution in [3.05, 3.63) is 99.7 Å². The van der Waals surface area contributed by atoms with E-state index in [0.29, 0.717) is 28.3 Å². The zero-order chi connectivity index (χ0) is 31.9. The van der Waals surface area contributed by atoms with Crippen molar-refractivity contribution in [1.29, 1.82) is 5.41 Å². The number of alkyl halides is 3. The fourth-order valence-electron chi connectivity index (χ4n) is 3.83. The number of nitrogen functional groups attached to an aromatic ring is 1. The van der Waals surface area contributed by atoms with Gasteiger partial charge in [-0.25, -0.2) is 24.0 Å². The Morgan fingerprint density at radius 3 is 2.16 bits per heavy atom. The van der Waals surface area contributed by atoms with Crippen molar-refractivity contribution in [2.75, 3.05) is 19.5 Å². The summed E-state index contributed by atoms with van der Waals surface area (Å²) in [6.07, 6.45) is -5.08. The summed E-state index contributed by atoms with van der Waals surface area (Å²) in [6.45, 7) is 0. The zero-order valence-corrected chi connectivity index (χ0v) is 22.5. The molecule has 16 heteroatoms. The van der Waals surface area contributed by atoms with Gasteiger partial charge in [0.1, 0.15) is 11.9 Å². The van der Waals surface area contributed by atoms with E-state index in [0.717, 1.165) is 0 Å². The molecule has 1 unspecified atom stereocenters. The van der Waals surface area contributed by atoms with Gasteiger partial charge in [-0.1, -0.05) is 18.2 Å². The Labute approximate surface area is 240 Å². The van der Waals surface area contributed by atoms with E-state index in [1.807, 2.05) is 0 Å². The smallest absolute Gasteiger partial charge is 0.490 e. The summed E-state index contributed by atoms with van der Waals surface area (Å²) in [5, 5.41) is 34.5. The molecule has 1 heterocycles. The highest BCUT2D eigenvalue weighted by Gasteiger charge is 2.38. The molecule has 4 aromatic rings. The van der Waals surface area contributed by atoms with Gasteiger partial charge in [-0.05, 0) is 54.1 Å². The Morgan fingerprint density at radius 1 is 1.02 bits per heavy atom. The minimum atomic E-state index is -5.08. The summed E-state index contributed by atoms with van der Waals surface area (Å²) >= 11 is 0. The number of hydrogen-bond donors (Lipinski definition) is 6. The molecule has 0 radical (unpaired) electrons. The summed E-state index contributed by atoms with van der Waals surface area (Å²) in [5.41, 5.74) is 6.94. The molecular formula is C27H25F3N6O7. The number of aromatic carboxylic acids is 1. The number of nitrogens with two attached hydrogens (primary N) is 1. The maximum atomic E-state index is 12.9. The lowest BCUT2D eigenvalue weighted by Gasteiger charge is -2.22. The number of para-hydroxylation sites is 1. The van der Waals surface area contributed by atoms with Crippen LogP contribution in [0.2, 0.25) is 0 Å². The Hall–Kier alpha value is -5.80. The minimum absolute atomic E-state index is 0.0564. The second-order valence-corrected chi connectivity index (χ2v) is 8.53. The van der Waals surface area contributed by atoms with Crippen molar-refractivity contribution in [2.45, 2.75) is 12.2 Å². The van der Waals surface area contributed by atoms with Crippen molar-refractivity contribution in [1.82, 2.24) is 14.8 Å². The third kappa shape index (κ3) is 7.49. The predicted octanol–water partition coefficient (Wildman–Crippen LogP) is 3.39. The van der Waals surface area contributed by atoms with Crippen LogP contribution in [0.3, 0.4) is 0 Å². The van der Waals surface area contributed by atoms with Crippen LogP contribution in [-0.4, -0.2) is 63.1 Å². The molecule has 3 aromatic carbocycles. The van der Waals surface area contributed by atoms with Crippen LogP contribution < -0.4 is 26.2 Å². The number of carboxylic acid groups (broad SMARTS) is 2. The lowest BCUT2D eigenvalue weighted by Crippen LogP contribution is -2.24. The zero-order valence-electron chi connectivity index (χ0n) is 22.5. The van der Waals surface area contributed by atoms with E-state index >= 15 is 0 Å². The molecule has 1 aromatic heterocycles. The normalized spacial score (nSPS) is 11.5. The van der Waals surface area contributed by atoms with Crippen LogP contribution >= 0.6 is 0 Å². The van der Waals surface area contributed by atoms with Crippen LogP contribution in [0.1, 0.15) is 33.4 Å². The van der Waals surface area contributed by atoms with E-state index in [1.54, 1.807) is 54.6 Å². The number of amidine groups is 1. The molecule has 0 saturated carbocycles. The number of carbonyl (C=O) groups is 2. The number of aromatic amines is 1. The lowest BCUT2D eigenvalue weighted by molar-refractivity contribution is -0.192. The molecule has 0 aliphatic rings. The maximum absolute atomic E-state index is 12.9. The van der Waals surface area contributed by atoms with E-state index < -0.39 is 29.8 Å². The van der Waals surface area contributed by atoms with E-state index in [1.165, 1.54) is 30.9 Å². The number of rotatable bonds is 9. The van der Waals surface area contributed by atoms with E-state index in [4.69, 9.17) is 30.5 Å². The Morgan fingerprint density at radius 2 is 1.63 bits per heavy atom. The number of aromatic nitrogens is 3. The van der Waals surface area contributed by atoms with Crippen LogP contribution in [0, 0.1) is 5.41 Å². The quantitative estimate of drug-likeness (QED) is 0.122. The van der Waals surface area contributed by atoms with Crippen LogP contribution in [0.25, 0.3) is 5.69 Å². The molecule has 0 fully saturated rings. The van der Waals surface area contributed by atoms with Crippen molar-refractivity contribution >= 4 is 23.5 Å². The van der Waals surface area contributed by atoms with Gasteiger partial charge < -0.3 is 30.7 Å². The van der Waals surface area contributed by atoms with Gasteiger partial charge in [0.25, 0.3) is 0 Å². The van der Waals surface area contributed by atoms with Crippen LogP contribution in [0.5, 0.6) is 11.5 Å². The number of aliphatic carboxylic acids is 1. The van der Waals surface area contributed by atoms with Gasteiger partial charge in [0.15, 0.2) is 17.3 Å². The van der Waals surface area contributed by atoms with Crippen LogP contribution in [-0.2, 0) is 4.79 Å². The summed E-state index contributed by atoms with van der Waals surface area (Å²) in [5.74, 6) is -2.81. The molecular weight excluding hydrogens is 577 g/mol. The second-order valence-electron chi connectivity index (χ2n) is 8.53. The van der Waals surface area contributed by atoms with Crippen molar-refractivity contribution < 1.29 is 42.4 Å². The van der Waals surface area contributed by atoms with Crippen LogP contribution in [0.4, 0.5) is 18.9 Å². The number of H-pyrrole nitrogens is 1. The third-order valence-corrected chi connectivity index (χ3v) is 5.82. The Balaban J connectivity index is 0.000000646. The standard InChI is InChI=1S/C25H24N6O5.C2HF3O2/c1-35-19-12-9-15(13-20(19)36-2)21(28-16-10-7-14(8-11-16)22(26)27)23-29-30-25(34)31(23)18-6-4-3-5-17(18)24(32)33;3-2(4,5)1(6)7/h3-13,21,28H,1-2H3,(H3,26,27)(H,30,34)(H,32,33);(H,6,7). The fraction of sp³-hybridized carbons (Fsp3) is 0.148. The highest BCUT2D eigenvalue weighted by molar-refractivity contribution is 5.95. The van der Waals surface area contributed by atoms with E-state index in [2.05, 4.69) is 15.5 Å². The predicted molar refractivity (Wildman–Crippen MR) is 147 cm³/mol. The summed E-state index contributed by atoms with van der Waals surface area (Å²) < 4.78 is 43.8. The maximum Gasteiger partial charge on any atom is 0.490 e. The van der Waals surface area contributed by atoms with Gasteiger partial charge in [0.2, 0.25) is 0 Å². The minimum Gasteiger partial charge on any atom is -0.493 e. The molecule has 7 N–H and O–H groups in total. The first-order valence-corrected chi connectivity index (χ1v) is 12.0. The average Bonchev–Trinajstić information content (AvgIpc) is 3.36. The topological polar surface area (TPSA) is 206 Å². The monoisotopic (exact) mass is 602 g/mol. The summed E-state index contributed by atoms with van der Waals surface area (Å²) in [4.78, 5) is 33.7. The average molecular weight is 603 g/mol. The first kappa shape index (κ1) is 31.7. The van der Waals surface area contributed by atoms with Gasteiger partial charge in [-0.2, -0.15) is 18.3 Å². The Bertz CT molecular complexity index is 1680. The number of anilines is 1. The van der Waals surface area contributed by atoms with Gasteiger partial charge in [-0.15, -0.1) is 0 Å². The molecule has 0 bridgehead atoms. The molecule has 0 aliphatic carbocycles. The number of halogens is 3. The fourth-order valence-corrected chi connectivity index (χ4v) is 3.83. The number of benzene rings is 3. The number of carboxylic acids is 2. The third-order valence-electron chi connectivity index (χ3n) is 5.82. The Kier molecular flexibility index (Phi) is 9.77. The highest BCUT2D eigenvalue weighted by atomic mass is 19.4. The molecule has 0 aliphatic heterocycles. The van der Waals surface area contributed by atoms with Crippen molar-refractivity contribution in [3.8, 4) is 17.2 Å². The van der Waals surface area contributed by atoms with Gasteiger partial charge in [-0.3, -0.25) is 5.41 Å². The lowest BCUT2D eigenvalue weighted by atomic mass is 10.0. The summed E-state index contributed by atoms with van der Waals surface area (Å²) in [6, 6.07) is 17.6. The molecule has 0 saturated heterocycles. The van der Waals surface area contributed by atoms with E-state index in [-0.39, 0.29) is 22.9 Å². The van der Waals surface area contributed by atoms with E-state index in [9.17, 15) is 27.9 Å². The second kappa shape index (κ2) is 13.2. The van der Waals surface area contributed by atoms with Gasteiger partial charge >= 0.3 is 23.8 Å². The molecule has 226 valence electrons. The van der Waals surface area contributed by atoms with Crippen LogP contribution in [0.15, 0.2) is 71.5 Å². The van der Waals surface area contributed by atoms with Gasteiger partial charge in [0, 0.05) is 11.3 Å². The largest absolute Gasteiger partial charge is 0.493 e. The SMILES string of the molecule is COc1ccc(C(Nc2ccc(C(=N)N)cc2)c2n[nH]c(=O)n2-c2ccccc2C(=O)O)cc1OC.O=C(O)C(F)(F)F. The van der Waals surface area contributed by atoms with Gasteiger partial charge in [0.05, 0.1) is 25.5 Å². The van der Waals surface area contributed by atoms with Crippen molar-refractivity contribution in [2.24, 2.45) is 5.73 Å². The first-order chi connectivity index (χ1) is 20.3. The number of hydrogen-bond acceptors (Lipinski definition) is 8. The molecule has 4 rings (SSSR count).